The minimum atomic E-state index is -0.454. The lowest BCUT2D eigenvalue weighted by Gasteiger charge is -2.30. The van der Waals surface area contributed by atoms with Crippen molar-refractivity contribution in [1.82, 2.24) is 4.98 Å². The van der Waals surface area contributed by atoms with Crippen LogP contribution in [0, 0.1) is 10.1 Å². The standard InChI is InChI=1S/C16H18N4O3/c21-20(22)14-5-6-16(18-12-14)17-11-13-3-1-2-4-15(13)19-7-9-23-10-8-19/h1-6,12H,7-11H2,(H,17,18). The molecule has 1 fully saturated rings. The average molecular weight is 314 g/mol. The molecule has 0 spiro atoms. The van der Waals surface area contributed by atoms with Crippen molar-refractivity contribution in [3.63, 3.8) is 0 Å². The number of hydrogen-bond acceptors (Lipinski definition) is 6. The van der Waals surface area contributed by atoms with Gasteiger partial charge in [0.1, 0.15) is 12.0 Å². The third-order valence-corrected chi connectivity index (χ3v) is 3.76. The highest BCUT2D eigenvalue weighted by Crippen LogP contribution is 2.22. The monoisotopic (exact) mass is 314 g/mol. The maximum absolute atomic E-state index is 10.6. The molecule has 7 heteroatoms. The first-order valence-corrected chi connectivity index (χ1v) is 7.49. The number of benzene rings is 1. The molecular weight excluding hydrogens is 296 g/mol. The van der Waals surface area contributed by atoms with Gasteiger partial charge in [0.2, 0.25) is 0 Å². The lowest BCUT2D eigenvalue weighted by Crippen LogP contribution is -2.36. The van der Waals surface area contributed by atoms with Crippen LogP contribution in [0.4, 0.5) is 17.2 Å². The predicted octanol–water partition coefficient (Wildman–Crippen LogP) is 2.44. The third-order valence-electron chi connectivity index (χ3n) is 3.76. The van der Waals surface area contributed by atoms with Crippen LogP contribution in [0.2, 0.25) is 0 Å². The molecule has 0 saturated carbocycles. The summed E-state index contributed by atoms with van der Waals surface area (Å²) in [6.45, 7) is 3.86. The van der Waals surface area contributed by atoms with Gasteiger partial charge < -0.3 is 15.0 Å². The second-order valence-corrected chi connectivity index (χ2v) is 5.24. The second-order valence-electron chi connectivity index (χ2n) is 5.24. The Hall–Kier alpha value is -2.67. The van der Waals surface area contributed by atoms with Gasteiger partial charge in [-0.1, -0.05) is 18.2 Å². The third kappa shape index (κ3) is 3.75. The molecule has 7 nitrogen and oxygen atoms in total. The molecule has 0 aliphatic carbocycles. The number of para-hydroxylation sites is 1. The molecule has 1 N–H and O–H groups in total. The molecule has 0 radical (unpaired) electrons. The van der Waals surface area contributed by atoms with E-state index in [0.717, 1.165) is 31.9 Å². The minimum Gasteiger partial charge on any atom is -0.378 e. The number of pyridine rings is 1. The van der Waals surface area contributed by atoms with Gasteiger partial charge in [-0.3, -0.25) is 10.1 Å². The molecule has 0 bridgehead atoms. The summed E-state index contributed by atoms with van der Waals surface area (Å²) >= 11 is 0. The number of anilines is 2. The van der Waals surface area contributed by atoms with Crippen LogP contribution < -0.4 is 10.2 Å². The summed E-state index contributed by atoms with van der Waals surface area (Å²) < 4.78 is 5.40. The highest BCUT2D eigenvalue weighted by Gasteiger charge is 2.14. The zero-order valence-corrected chi connectivity index (χ0v) is 12.6. The first-order chi connectivity index (χ1) is 11.2. The fourth-order valence-electron chi connectivity index (χ4n) is 2.56. The van der Waals surface area contributed by atoms with Crippen molar-refractivity contribution in [3.8, 4) is 0 Å². The number of ether oxygens (including phenoxy) is 1. The van der Waals surface area contributed by atoms with Crippen LogP contribution in [-0.4, -0.2) is 36.2 Å². The molecule has 23 heavy (non-hydrogen) atoms. The Balaban J connectivity index is 1.69. The fraction of sp³-hybridized carbons (Fsp3) is 0.312. The van der Waals surface area contributed by atoms with Gasteiger partial charge in [-0.05, 0) is 17.7 Å². The van der Waals surface area contributed by atoms with Gasteiger partial charge in [0.05, 0.1) is 18.1 Å². The van der Waals surface area contributed by atoms with Gasteiger partial charge in [0, 0.05) is 31.4 Å². The zero-order valence-electron chi connectivity index (χ0n) is 12.6. The van der Waals surface area contributed by atoms with E-state index in [1.54, 1.807) is 6.07 Å². The topological polar surface area (TPSA) is 80.5 Å². The van der Waals surface area contributed by atoms with Crippen molar-refractivity contribution >= 4 is 17.2 Å². The molecule has 0 atom stereocenters. The zero-order chi connectivity index (χ0) is 16.1. The smallest absolute Gasteiger partial charge is 0.287 e. The van der Waals surface area contributed by atoms with Gasteiger partial charge in [0.25, 0.3) is 5.69 Å². The second kappa shape index (κ2) is 7.06. The van der Waals surface area contributed by atoms with E-state index in [9.17, 15) is 10.1 Å². The first kappa shape index (κ1) is 15.2. The van der Waals surface area contributed by atoms with E-state index in [-0.39, 0.29) is 5.69 Å². The molecule has 1 aromatic heterocycles. The molecule has 2 heterocycles. The summed E-state index contributed by atoms with van der Waals surface area (Å²) in [5.41, 5.74) is 2.34. The van der Waals surface area contributed by atoms with Gasteiger partial charge in [-0.2, -0.15) is 0 Å². The quantitative estimate of drug-likeness (QED) is 0.674. The Morgan fingerprint density at radius 3 is 2.70 bits per heavy atom. The number of nitrogens with zero attached hydrogens (tertiary/aromatic N) is 3. The summed E-state index contributed by atoms with van der Waals surface area (Å²) in [6.07, 6.45) is 1.26. The Kier molecular flexibility index (Phi) is 4.68. The van der Waals surface area contributed by atoms with Crippen LogP contribution in [-0.2, 0) is 11.3 Å². The summed E-state index contributed by atoms with van der Waals surface area (Å²) in [5, 5.41) is 13.9. The van der Waals surface area contributed by atoms with Crippen LogP contribution in [0.25, 0.3) is 0 Å². The largest absolute Gasteiger partial charge is 0.378 e. The van der Waals surface area contributed by atoms with E-state index in [1.807, 2.05) is 12.1 Å². The van der Waals surface area contributed by atoms with Crippen LogP contribution in [0.3, 0.4) is 0 Å². The molecule has 2 aromatic rings. The number of morpholine rings is 1. The van der Waals surface area contributed by atoms with Crippen molar-refractivity contribution in [2.75, 3.05) is 36.5 Å². The van der Waals surface area contributed by atoms with E-state index in [4.69, 9.17) is 4.74 Å². The molecular formula is C16H18N4O3. The summed E-state index contributed by atoms with van der Waals surface area (Å²) in [5.74, 6) is 0.618. The van der Waals surface area contributed by atoms with Crippen molar-refractivity contribution in [3.05, 3.63) is 58.3 Å². The van der Waals surface area contributed by atoms with Crippen LogP contribution in [0.15, 0.2) is 42.6 Å². The number of hydrogen-bond donors (Lipinski definition) is 1. The average Bonchev–Trinajstić information content (AvgIpc) is 2.61. The molecule has 3 rings (SSSR count). The number of rotatable bonds is 5. The van der Waals surface area contributed by atoms with E-state index >= 15 is 0 Å². The molecule has 1 aliphatic rings. The van der Waals surface area contributed by atoms with Crippen LogP contribution in [0.1, 0.15) is 5.56 Å². The van der Waals surface area contributed by atoms with Crippen LogP contribution >= 0.6 is 0 Å². The number of nitrogens with one attached hydrogen (secondary N) is 1. The predicted molar refractivity (Wildman–Crippen MR) is 87.7 cm³/mol. The molecule has 0 unspecified atom stereocenters. The highest BCUT2D eigenvalue weighted by molar-refractivity contribution is 5.55. The molecule has 1 aliphatic heterocycles. The van der Waals surface area contributed by atoms with E-state index in [0.29, 0.717) is 12.4 Å². The van der Waals surface area contributed by atoms with Gasteiger partial charge >= 0.3 is 0 Å². The minimum absolute atomic E-state index is 0.00994. The summed E-state index contributed by atoms with van der Waals surface area (Å²) in [7, 11) is 0. The number of aromatic nitrogens is 1. The Bertz CT molecular complexity index is 669. The SMILES string of the molecule is O=[N+]([O-])c1ccc(NCc2ccccc2N2CCOCC2)nc1. The van der Waals surface area contributed by atoms with Crippen molar-refractivity contribution in [2.45, 2.75) is 6.54 Å². The van der Waals surface area contributed by atoms with Crippen molar-refractivity contribution in [1.29, 1.82) is 0 Å². The molecule has 1 saturated heterocycles. The van der Waals surface area contributed by atoms with E-state index in [2.05, 4.69) is 27.3 Å². The Morgan fingerprint density at radius 1 is 1.22 bits per heavy atom. The van der Waals surface area contributed by atoms with Gasteiger partial charge in [-0.15, -0.1) is 0 Å². The normalized spacial score (nSPS) is 14.5. The van der Waals surface area contributed by atoms with Crippen molar-refractivity contribution in [2.24, 2.45) is 0 Å². The molecule has 0 amide bonds. The first-order valence-electron chi connectivity index (χ1n) is 7.49. The van der Waals surface area contributed by atoms with E-state index < -0.39 is 4.92 Å². The fourth-order valence-corrected chi connectivity index (χ4v) is 2.56. The maximum atomic E-state index is 10.6. The Labute approximate surface area is 134 Å². The van der Waals surface area contributed by atoms with Gasteiger partial charge in [0.15, 0.2) is 0 Å². The summed E-state index contributed by atoms with van der Waals surface area (Å²) in [4.78, 5) is 16.6. The van der Waals surface area contributed by atoms with E-state index in [1.165, 1.54) is 18.0 Å². The lowest BCUT2D eigenvalue weighted by molar-refractivity contribution is -0.385. The highest BCUT2D eigenvalue weighted by atomic mass is 16.6. The molecule has 120 valence electrons. The number of nitro groups is 1. The lowest BCUT2D eigenvalue weighted by atomic mass is 10.1. The van der Waals surface area contributed by atoms with Crippen LogP contribution in [0.5, 0.6) is 0 Å². The maximum Gasteiger partial charge on any atom is 0.287 e. The van der Waals surface area contributed by atoms with Gasteiger partial charge in [-0.25, -0.2) is 4.98 Å². The summed E-state index contributed by atoms with van der Waals surface area (Å²) in [6, 6.07) is 11.3. The Morgan fingerprint density at radius 2 is 2.00 bits per heavy atom. The van der Waals surface area contributed by atoms with Crippen molar-refractivity contribution < 1.29 is 9.66 Å². The molecule has 1 aromatic carbocycles.